The monoisotopic (exact) mass is 341 g/mol. The maximum Gasteiger partial charge on any atom is 0.269 e. The van der Waals surface area contributed by atoms with Gasteiger partial charge in [-0.1, -0.05) is 43.7 Å². The van der Waals surface area contributed by atoms with Crippen molar-refractivity contribution in [2.75, 3.05) is 0 Å². The number of benzene rings is 2. The minimum Gasteiger partial charge on any atom is -0.273 e. The number of amides is 2. The molecule has 130 valence electrons. The number of hydrogen-bond acceptors (Lipinski definition) is 4. The van der Waals surface area contributed by atoms with Crippen LogP contribution in [-0.2, 0) is 4.79 Å². The van der Waals surface area contributed by atoms with E-state index in [1.165, 1.54) is 24.3 Å². The summed E-state index contributed by atoms with van der Waals surface area (Å²) in [7, 11) is 0. The van der Waals surface area contributed by atoms with Crippen LogP contribution in [0.15, 0.2) is 54.6 Å². The van der Waals surface area contributed by atoms with Gasteiger partial charge in [-0.15, -0.1) is 0 Å². The van der Waals surface area contributed by atoms with Crippen molar-refractivity contribution < 1.29 is 14.5 Å². The third-order valence-electron chi connectivity index (χ3n) is 3.74. The first kappa shape index (κ1) is 18.1. The molecule has 0 aliphatic rings. The molecule has 2 rings (SSSR count). The topological polar surface area (TPSA) is 101 Å². The van der Waals surface area contributed by atoms with E-state index >= 15 is 0 Å². The van der Waals surface area contributed by atoms with Gasteiger partial charge in [0.2, 0.25) is 5.91 Å². The Morgan fingerprint density at radius 1 is 1.04 bits per heavy atom. The Hall–Kier alpha value is -3.22. The lowest BCUT2D eigenvalue weighted by Gasteiger charge is -2.17. The van der Waals surface area contributed by atoms with Crippen LogP contribution in [0.2, 0.25) is 0 Å². The second kappa shape index (κ2) is 8.58. The van der Waals surface area contributed by atoms with Crippen molar-refractivity contribution in [3.8, 4) is 0 Å². The van der Waals surface area contributed by atoms with Crippen LogP contribution in [0.5, 0.6) is 0 Å². The molecule has 2 aromatic carbocycles. The molecule has 2 aromatic rings. The van der Waals surface area contributed by atoms with E-state index in [0.29, 0.717) is 6.42 Å². The van der Waals surface area contributed by atoms with Gasteiger partial charge in [-0.25, -0.2) is 0 Å². The van der Waals surface area contributed by atoms with E-state index in [9.17, 15) is 19.7 Å². The Kier molecular flexibility index (Phi) is 6.22. The van der Waals surface area contributed by atoms with Crippen molar-refractivity contribution in [2.24, 2.45) is 0 Å². The molecule has 0 spiro atoms. The number of nitrogens with one attached hydrogen (secondary N) is 2. The Bertz CT molecular complexity index is 745. The van der Waals surface area contributed by atoms with Crippen LogP contribution >= 0.6 is 0 Å². The summed E-state index contributed by atoms with van der Waals surface area (Å²) in [6, 6.07) is 14.5. The maximum atomic E-state index is 12.4. The third kappa shape index (κ3) is 4.87. The van der Waals surface area contributed by atoms with Crippen LogP contribution in [0.3, 0.4) is 0 Å². The molecule has 1 atom stereocenters. The quantitative estimate of drug-likeness (QED) is 0.623. The van der Waals surface area contributed by atoms with Crippen molar-refractivity contribution in [2.45, 2.75) is 25.7 Å². The first-order valence-electron chi connectivity index (χ1n) is 7.92. The van der Waals surface area contributed by atoms with Gasteiger partial charge in [0.25, 0.3) is 11.6 Å². The van der Waals surface area contributed by atoms with E-state index in [0.717, 1.165) is 12.0 Å². The zero-order valence-electron chi connectivity index (χ0n) is 13.8. The molecule has 0 radical (unpaired) electrons. The fourth-order valence-corrected chi connectivity index (χ4v) is 2.44. The fraction of sp³-hybridized carbons (Fsp3) is 0.222. The zero-order valence-corrected chi connectivity index (χ0v) is 13.8. The number of nitrogens with zero attached hydrogens (tertiary/aromatic N) is 1. The molecular formula is C18H19N3O4. The molecule has 7 heteroatoms. The van der Waals surface area contributed by atoms with Gasteiger partial charge in [-0.05, 0) is 24.1 Å². The normalized spacial score (nSPS) is 11.4. The molecule has 0 saturated carbocycles. The average molecular weight is 341 g/mol. The number of carbonyl (C=O) groups is 2. The van der Waals surface area contributed by atoms with Crippen molar-refractivity contribution in [3.63, 3.8) is 0 Å². The average Bonchev–Trinajstić information content (AvgIpc) is 2.64. The minimum absolute atomic E-state index is 0.104. The van der Waals surface area contributed by atoms with E-state index in [-0.39, 0.29) is 23.1 Å². The number of nitro groups is 1. The Balaban J connectivity index is 1.99. The molecule has 7 nitrogen and oxygen atoms in total. The van der Waals surface area contributed by atoms with E-state index in [1.807, 2.05) is 37.3 Å². The highest BCUT2D eigenvalue weighted by molar-refractivity contribution is 5.96. The highest BCUT2D eigenvalue weighted by Gasteiger charge is 2.20. The van der Waals surface area contributed by atoms with E-state index in [4.69, 9.17) is 0 Å². The maximum absolute atomic E-state index is 12.4. The summed E-state index contributed by atoms with van der Waals surface area (Å²) in [6.07, 6.45) is 1.48. The standard InChI is InChI=1S/C18H19N3O4/c1-2-6-16(13-7-4-3-5-8-13)18(23)20-19-17(22)14-9-11-15(12-10-14)21(24)25/h3-5,7-12,16H,2,6H2,1H3,(H,19,22)(H,20,23)/t16-/m0/s1. The predicted molar refractivity (Wildman–Crippen MR) is 92.8 cm³/mol. The van der Waals surface area contributed by atoms with Gasteiger partial charge >= 0.3 is 0 Å². The molecule has 0 aliphatic heterocycles. The van der Waals surface area contributed by atoms with Gasteiger partial charge < -0.3 is 0 Å². The number of carbonyl (C=O) groups excluding carboxylic acids is 2. The molecule has 0 bridgehead atoms. The third-order valence-corrected chi connectivity index (χ3v) is 3.74. The summed E-state index contributed by atoms with van der Waals surface area (Å²) in [5, 5.41) is 10.6. The molecular weight excluding hydrogens is 322 g/mol. The van der Waals surface area contributed by atoms with Gasteiger partial charge in [-0.3, -0.25) is 30.6 Å². The Morgan fingerprint density at radius 2 is 1.68 bits per heavy atom. The van der Waals surface area contributed by atoms with Crippen LogP contribution in [0, 0.1) is 10.1 Å². The molecule has 2 N–H and O–H groups in total. The second-order valence-electron chi connectivity index (χ2n) is 5.50. The molecule has 0 saturated heterocycles. The van der Waals surface area contributed by atoms with Gasteiger partial charge in [0.1, 0.15) is 0 Å². The van der Waals surface area contributed by atoms with Gasteiger partial charge in [0.15, 0.2) is 0 Å². The van der Waals surface area contributed by atoms with E-state index in [2.05, 4.69) is 10.9 Å². The van der Waals surface area contributed by atoms with Crippen LogP contribution in [0.25, 0.3) is 0 Å². The van der Waals surface area contributed by atoms with E-state index < -0.39 is 10.8 Å². The summed E-state index contributed by atoms with van der Waals surface area (Å²) in [5.41, 5.74) is 5.77. The van der Waals surface area contributed by atoms with Crippen molar-refractivity contribution >= 4 is 17.5 Å². The van der Waals surface area contributed by atoms with Crippen molar-refractivity contribution in [3.05, 3.63) is 75.8 Å². The van der Waals surface area contributed by atoms with Crippen LogP contribution in [0.4, 0.5) is 5.69 Å². The molecule has 0 fully saturated rings. The number of hydrazine groups is 1. The largest absolute Gasteiger partial charge is 0.273 e. The van der Waals surface area contributed by atoms with E-state index in [1.54, 1.807) is 0 Å². The second-order valence-corrected chi connectivity index (χ2v) is 5.50. The summed E-state index contributed by atoms with van der Waals surface area (Å²) < 4.78 is 0. The summed E-state index contributed by atoms with van der Waals surface area (Å²) in [5.74, 6) is -1.20. The molecule has 0 unspecified atom stereocenters. The SMILES string of the molecule is CCC[C@H](C(=O)NNC(=O)c1ccc([N+](=O)[O-])cc1)c1ccccc1. The summed E-state index contributed by atoms with van der Waals surface area (Å²) in [4.78, 5) is 34.5. The molecule has 0 aliphatic carbocycles. The lowest BCUT2D eigenvalue weighted by atomic mass is 9.94. The highest BCUT2D eigenvalue weighted by atomic mass is 16.6. The van der Waals surface area contributed by atoms with Crippen LogP contribution in [-0.4, -0.2) is 16.7 Å². The van der Waals surface area contributed by atoms with Gasteiger partial charge in [-0.2, -0.15) is 0 Å². The van der Waals surface area contributed by atoms with Crippen LogP contribution in [0.1, 0.15) is 41.6 Å². The first-order chi connectivity index (χ1) is 12.0. The fourth-order valence-electron chi connectivity index (χ4n) is 2.44. The van der Waals surface area contributed by atoms with Gasteiger partial charge in [0, 0.05) is 17.7 Å². The predicted octanol–water partition coefficient (Wildman–Crippen LogP) is 2.94. The van der Waals surface area contributed by atoms with Crippen molar-refractivity contribution in [1.29, 1.82) is 0 Å². The van der Waals surface area contributed by atoms with Crippen molar-refractivity contribution in [1.82, 2.24) is 10.9 Å². The lowest BCUT2D eigenvalue weighted by Crippen LogP contribution is -2.44. The smallest absolute Gasteiger partial charge is 0.269 e. The summed E-state index contributed by atoms with van der Waals surface area (Å²) in [6.45, 7) is 1.98. The van der Waals surface area contributed by atoms with Crippen LogP contribution < -0.4 is 10.9 Å². The highest BCUT2D eigenvalue weighted by Crippen LogP contribution is 2.21. The molecule has 2 amide bonds. The Labute approximate surface area is 145 Å². The zero-order chi connectivity index (χ0) is 18.2. The first-order valence-corrected chi connectivity index (χ1v) is 7.92. The molecule has 0 heterocycles. The molecule has 25 heavy (non-hydrogen) atoms. The number of non-ortho nitro benzene ring substituents is 1. The minimum atomic E-state index is -0.543. The number of rotatable bonds is 6. The lowest BCUT2D eigenvalue weighted by molar-refractivity contribution is -0.384. The molecule has 0 aromatic heterocycles. The summed E-state index contributed by atoms with van der Waals surface area (Å²) >= 11 is 0. The van der Waals surface area contributed by atoms with Gasteiger partial charge in [0.05, 0.1) is 10.8 Å². The number of hydrogen-bond donors (Lipinski definition) is 2. The number of nitro benzene ring substituents is 1. The Morgan fingerprint density at radius 3 is 2.24 bits per heavy atom.